The topological polar surface area (TPSA) is 74.2 Å². The number of sulfonamides is 1. The molecule has 2 aliphatic heterocycles. The molecule has 0 aliphatic carbocycles. The van der Waals surface area contributed by atoms with Gasteiger partial charge in [-0.1, -0.05) is 0 Å². The third-order valence-corrected chi connectivity index (χ3v) is 6.74. The lowest BCUT2D eigenvalue weighted by Crippen LogP contribution is -2.49. The monoisotopic (exact) mass is 542 g/mol. The third kappa shape index (κ3) is 6.59. The SMILES string of the molecule is CCOC1CCN(C(=NC)NCC2CCN(S(=O)(=O)C(F)(F)F)CC2)CC1.I. The van der Waals surface area contributed by atoms with Gasteiger partial charge in [0.1, 0.15) is 0 Å². The van der Waals surface area contributed by atoms with E-state index in [4.69, 9.17) is 4.74 Å². The number of piperidine rings is 2. The van der Waals surface area contributed by atoms with E-state index in [2.05, 4.69) is 15.2 Å². The minimum atomic E-state index is -5.23. The normalized spacial score (nSPS) is 21.5. The molecule has 2 saturated heterocycles. The number of rotatable bonds is 5. The molecule has 1 N–H and O–H groups in total. The number of nitrogens with zero attached hydrogens (tertiary/aromatic N) is 3. The Balaban J connectivity index is 0.00000392. The molecule has 0 radical (unpaired) electrons. The molecule has 166 valence electrons. The zero-order valence-electron chi connectivity index (χ0n) is 16.2. The summed E-state index contributed by atoms with van der Waals surface area (Å²) >= 11 is 0. The van der Waals surface area contributed by atoms with Crippen molar-refractivity contribution in [2.24, 2.45) is 10.9 Å². The standard InChI is InChI=1S/C16H29F3N4O3S.HI/c1-3-26-14-6-8-22(9-7-14)15(20-2)21-12-13-4-10-23(11-5-13)27(24,25)16(17,18)19;/h13-14H,3-12H2,1-2H3,(H,20,21);1H. The van der Waals surface area contributed by atoms with Crippen LogP contribution in [-0.2, 0) is 14.8 Å². The number of halogens is 4. The molecule has 12 heteroatoms. The molecule has 0 amide bonds. The highest BCUT2D eigenvalue weighted by Gasteiger charge is 2.50. The van der Waals surface area contributed by atoms with Crippen LogP contribution in [0.25, 0.3) is 0 Å². The first-order valence-corrected chi connectivity index (χ1v) is 10.8. The molecule has 0 aromatic heterocycles. The Morgan fingerprint density at radius 1 is 1.14 bits per heavy atom. The van der Waals surface area contributed by atoms with Crippen LogP contribution in [0.1, 0.15) is 32.6 Å². The maximum absolute atomic E-state index is 12.6. The van der Waals surface area contributed by atoms with Crippen molar-refractivity contribution >= 4 is 40.0 Å². The summed E-state index contributed by atoms with van der Waals surface area (Å²) in [6.45, 7) is 4.73. The Morgan fingerprint density at radius 3 is 2.18 bits per heavy atom. The highest BCUT2D eigenvalue weighted by molar-refractivity contribution is 14.0. The number of likely N-dealkylation sites (tertiary alicyclic amines) is 1. The average Bonchev–Trinajstić information content (AvgIpc) is 2.63. The summed E-state index contributed by atoms with van der Waals surface area (Å²) in [5.74, 6) is 0.887. The van der Waals surface area contributed by atoms with E-state index >= 15 is 0 Å². The summed E-state index contributed by atoms with van der Waals surface area (Å²) in [5.41, 5.74) is -5.23. The highest BCUT2D eigenvalue weighted by atomic mass is 127. The molecule has 0 aromatic carbocycles. The van der Waals surface area contributed by atoms with Gasteiger partial charge in [-0.15, -0.1) is 24.0 Å². The molecular formula is C16H30F3IN4O3S. The minimum Gasteiger partial charge on any atom is -0.378 e. The first-order valence-electron chi connectivity index (χ1n) is 9.32. The molecule has 2 rings (SSSR count). The van der Waals surface area contributed by atoms with Crippen LogP contribution in [0.2, 0.25) is 0 Å². The van der Waals surface area contributed by atoms with Gasteiger partial charge in [-0.2, -0.15) is 17.5 Å². The van der Waals surface area contributed by atoms with Crippen molar-refractivity contribution in [2.45, 2.75) is 44.2 Å². The first kappa shape index (κ1) is 25.7. The molecule has 0 saturated carbocycles. The third-order valence-electron chi connectivity index (χ3n) is 5.11. The highest BCUT2D eigenvalue weighted by Crippen LogP contribution is 2.30. The van der Waals surface area contributed by atoms with E-state index in [0.717, 1.165) is 31.9 Å². The van der Waals surface area contributed by atoms with Crippen molar-refractivity contribution in [1.82, 2.24) is 14.5 Å². The van der Waals surface area contributed by atoms with Crippen molar-refractivity contribution in [2.75, 3.05) is 46.4 Å². The minimum absolute atomic E-state index is 0. The van der Waals surface area contributed by atoms with Crippen LogP contribution in [-0.4, -0.2) is 81.6 Å². The van der Waals surface area contributed by atoms with Gasteiger partial charge < -0.3 is 15.0 Å². The van der Waals surface area contributed by atoms with Gasteiger partial charge in [0, 0.05) is 46.4 Å². The fourth-order valence-electron chi connectivity index (χ4n) is 3.54. The molecule has 0 unspecified atom stereocenters. The van der Waals surface area contributed by atoms with E-state index in [1.807, 2.05) is 6.92 Å². The number of ether oxygens (including phenoxy) is 1. The zero-order valence-corrected chi connectivity index (χ0v) is 19.4. The van der Waals surface area contributed by atoms with E-state index in [1.54, 1.807) is 7.05 Å². The van der Waals surface area contributed by atoms with Crippen LogP contribution in [0.5, 0.6) is 0 Å². The summed E-state index contributed by atoms with van der Waals surface area (Å²) < 4.78 is 67.0. The van der Waals surface area contributed by atoms with E-state index in [9.17, 15) is 21.6 Å². The lowest BCUT2D eigenvalue weighted by atomic mass is 9.98. The predicted molar refractivity (Wildman–Crippen MR) is 112 cm³/mol. The number of hydrogen-bond donors (Lipinski definition) is 1. The number of guanidine groups is 1. The van der Waals surface area contributed by atoms with Gasteiger partial charge in [0.25, 0.3) is 0 Å². The van der Waals surface area contributed by atoms with Gasteiger partial charge in [-0.3, -0.25) is 4.99 Å². The Labute approximate surface area is 182 Å². The number of hydrogen-bond acceptors (Lipinski definition) is 4. The van der Waals surface area contributed by atoms with Gasteiger partial charge in [-0.05, 0) is 38.5 Å². The second-order valence-corrected chi connectivity index (χ2v) is 8.79. The Hall–Kier alpha value is -0.340. The zero-order chi connectivity index (χ0) is 20.1. The molecular weight excluding hydrogens is 512 g/mol. The maximum atomic E-state index is 12.6. The molecule has 0 spiro atoms. The lowest BCUT2D eigenvalue weighted by Gasteiger charge is -2.35. The first-order chi connectivity index (χ1) is 12.7. The average molecular weight is 542 g/mol. The molecule has 2 heterocycles. The Kier molecular flexibility index (Phi) is 10.2. The second-order valence-electron chi connectivity index (χ2n) is 6.86. The van der Waals surface area contributed by atoms with Crippen LogP contribution < -0.4 is 5.32 Å². The molecule has 0 aromatic rings. The molecule has 2 fully saturated rings. The molecule has 0 atom stereocenters. The van der Waals surface area contributed by atoms with Crippen molar-refractivity contribution in [3.63, 3.8) is 0 Å². The molecule has 0 bridgehead atoms. The van der Waals surface area contributed by atoms with Crippen molar-refractivity contribution < 1.29 is 26.3 Å². The Morgan fingerprint density at radius 2 is 1.71 bits per heavy atom. The van der Waals surface area contributed by atoms with Crippen molar-refractivity contribution in [3.8, 4) is 0 Å². The number of alkyl halides is 3. The van der Waals surface area contributed by atoms with E-state index in [1.165, 1.54) is 0 Å². The van der Waals surface area contributed by atoms with Crippen LogP contribution in [0.15, 0.2) is 4.99 Å². The quantitative estimate of drug-likeness (QED) is 0.328. The van der Waals surface area contributed by atoms with Crippen molar-refractivity contribution in [3.05, 3.63) is 0 Å². The summed E-state index contributed by atoms with van der Waals surface area (Å²) in [6, 6.07) is 0. The number of aliphatic imine (C=N–C) groups is 1. The second kappa shape index (κ2) is 11.2. The van der Waals surface area contributed by atoms with Crippen LogP contribution in [0.4, 0.5) is 13.2 Å². The van der Waals surface area contributed by atoms with Gasteiger partial charge in [0.05, 0.1) is 6.10 Å². The summed E-state index contributed by atoms with van der Waals surface area (Å²) in [7, 11) is -3.51. The van der Waals surface area contributed by atoms with Gasteiger partial charge >= 0.3 is 15.5 Å². The van der Waals surface area contributed by atoms with Crippen molar-refractivity contribution in [1.29, 1.82) is 0 Å². The maximum Gasteiger partial charge on any atom is 0.511 e. The molecule has 7 nitrogen and oxygen atoms in total. The predicted octanol–water partition coefficient (Wildman–Crippen LogP) is 2.24. The van der Waals surface area contributed by atoms with E-state index in [-0.39, 0.29) is 49.1 Å². The van der Waals surface area contributed by atoms with Crippen LogP contribution in [0.3, 0.4) is 0 Å². The van der Waals surface area contributed by atoms with Gasteiger partial charge in [0.2, 0.25) is 0 Å². The van der Waals surface area contributed by atoms with E-state index in [0.29, 0.717) is 30.3 Å². The molecule has 28 heavy (non-hydrogen) atoms. The summed E-state index contributed by atoms with van der Waals surface area (Å²) in [6.07, 6.45) is 2.94. The smallest absolute Gasteiger partial charge is 0.378 e. The summed E-state index contributed by atoms with van der Waals surface area (Å²) in [5, 5.41) is 3.28. The molecule has 2 aliphatic rings. The summed E-state index contributed by atoms with van der Waals surface area (Å²) in [4.78, 5) is 6.44. The van der Waals surface area contributed by atoms with Crippen LogP contribution in [0, 0.1) is 5.92 Å². The largest absolute Gasteiger partial charge is 0.511 e. The lowest BCUT2D eigenvalue weighted by molar-refractivity contribution is -0.0496. The van der Waals surface area contributed by atoms with Gasteiger partial charge in [0.15, 0.2) is 5.96 Å². The van der Waals surface area contributed by atoms with E-state index < -0.39 is 15.5 Å². The van der Waals surface area contributed by atoms with Crippen LogP contribution >= 0.6 is 24.0 Å². The Bertz CT molecular complexity index is 603. The fraction of sp³-hybridized carbons (Fsp3) is 0.938. The van der Waals surface area contributed by atoms with Gasteiger partial charge in [-0.25, -0.2) is 8.42 Å². The fourth-order valence-corrected chi connectivity index (χ4v) is 4.52. The number of nitrogens with one attached hydrogen (secondary N) is 1.